The van der Waals surface area contributed by atoms with Crippen molar-refractivity contribution in [1.29, 1.82) is 5.26 Å². The molecule has 21 heavy (non-hydrogen) atoms. The highest BCUT2D eigenvalue weighted by Gasteiger charge is 2.33. The van der Waals surface area contributed by atoms with Gasteiger partial charge in [-0.1, -0.05) is 32.0 Å². The van der Waals surface area contributed by atoms with Crippen molar-refractivity contribution >= 4 is 16.7 Å². The van der Waals surface area contributed by atoms with Crippen LogP contribution in [0.2, 0.25) is 0 Å². The third kappa shape index (κ3) is 2.70. The molecule has 108 valence electrons. The van der Waals surface area contributed by atoms with Crippen LogP contribution in [0.3, 0.4) is 0 Å². The van der Waals surface area contributed by atoms with Gasteiger partial charge < -0.3 is 10.1 Å². The summed E-state index contributed by atoms with van der Waals surface area (Å²) in [6.45, 7) is 5.82. The number of nitriles is 1. The number of hydrogen-bond donors (Lipinski definition) is 1. The molecule has 1 aromatic carbocycles. The second-order valence-electron chi connectivity index (χ2n) is 6.22. The van der Waals surface area contributed by atoms with E-state index in [1.54, 1.807) is 0 Å². The van der Waals surface area contributed by atoms with Crippen molar-refractivity contribution in [2.24, 2.45) is 5.41 Å². The van der Waals surface area contributed by atoms with Gasteiger partial charge in [0.1, 0.15) is 11.9 Å². The van der Waals surface area contributed by atoms with E-state index in [9.17, 15) is 5.26 Å². The van der Waals surface area contributed by atoms with Gasteiger partial charge >= 0.3 is 0 Å². The third-order valence-corrected chi connectivity index (χ3v) is 4.12. The molecule has 0 radical (unpaired) electrons. The Hall–Kier alpha value is -2.12. The summed E-state index contributed by atoms with van der Waals surface area (Å²) in [5.41, 5.74) is 1.53. The van der Waals surface area contributed by atoms with Crippen LogP contribution in [0.1, 0.15) is 25.8 Å². The van der Waals surface area contributed by atoms with E-state index >= 15 is 0 Å². The van der Waals surface area contributed by atoms with Crippen LogP contribution < -0.4 is 5.32 Å². The SMILES string of the molecule is CC1(C)COCCC1Nc1nc2ccccc2cc1C#N. The maximum atomic E-state index is 9.38. The Bertz CT molecular complexity index is 703. The van der Waals surface area contributed by atoms with E-state index in [-0.39, 0.29) is 11.5 Å². The normalized spacial score (nSPS) is 20.9. The molecule has 4 nitrogen and oxygen atoms in total. The Morgan fingerprint density at radius 2 is 2.19 bits per heavy atom. The topological polar surface area (TPSA) is 57.9 Å². The minimum atomic E-state index is 0.0261. The first-order valence-electron chi connectivity index (χ1n) is 7.24. The van der Waals surface area contributed by atoms with E-state index in [1.807, 2.05) is 30.3 Å². The van der Waals surface area contributed by atoms with Gasteiger partial charge in [0, 0.05) is 23.4 Å². The highest BCUT2D eigenvalue weighted by atomic mass is 16.5. The molecule has 2 aromatic rings. The number of benzene rings is 1. The number of nitrogens with one attached hydrogen (secondary N) is 1. The average Bonchev–Trinajstić information content (AvgIpc) is 2.48. The van der Waals surface area contributed by atoms with E-state index in [1.165, 1.54) is 0 Å². The van der Waals surface area contributed by atoms with E-state index < -0.39 is 0 Å². The maximum Gasteiger partial charge on any atom is 0.144 e. The van der Waals surface area contributed by atoms with Crippen molar-refractivity contribution in [3.63, 3.8) is 0 Å². The lowest BCUT2D eigenvalue weighted by atomic mass is 9.82. The van der Waals surface area contributed by atoms with Crippen molar-refractivity contribution in [1.82, 2.24) is 4.98 Å². The zero-order valence-corrected chi connectivity index (χ0v) is 12.4. The molecular weight excluding hydrogens is 262 g/mol. The number of ether oxygens (including phenoxy) is 1. The Balaban J connectivity index is 1.98. The molecule has 1 unspecified atom stereocenters. The first-order valence-corrected chi connectivity index (χ1v) is 7.24. The lowest BCUT2D eigenvalue weighted by molar-refractivity contribution is 0.00338. The van der Waals surface area contributed by atoms with E-state index in [2.05, 4.69) is 30.2 Å². The average molecular weight is 281 g/mol. The minimum absolute atomic E-state index is 0.0261. The van der Waals surface area contributed by atoms with Crippen LogP contribution in [-0.2, 0) is 4.74 Å². The summed E-state index contributed by atoms with van der Waals surface area (Å²) in [6, 6.07) is 12.3. The molecule has 1 saturated heterocycles. The number of aromatic nitrogens is 1. The number of anilines is 1. The first-order chi connectivity index (χ1) is 10.1. The molecule has 3 rings (SSSR count). The van der Waals surface area contributed by atoms with Gasteiger partial charge in [0.05, 0.1) is 17.7 Å². The van der Waals surface area contributed by atoms with Crippen LogP contribution in [0.15, 0.2) is 30.3 Å². The lowest BCUT2D eigenvalue weighted by Gasteiger charge is -2.39. The molecule has 0 amide bonds. The molecule has 1 fully saturated rings. The molecule has 1 aromatic heterocycles. The monoisotopic (exact) mass is 281 g/mol. The van der Waals surface area contributed by atoms with Crippen LogP contribution >= 0.6 is 0 Å². The van der Waals surface area contributed by atoms with E-state index in [0.717, 1.165) is 30.5 Å². The summed E-state index contributed by atoms with van der Waals surface area (Å²) in [5.74, 6) is 0.677. The fraction of sp³-hybridized carbons (Fsp3) is 0.412. The van der Waals surface area contributed by atoms with Gasteiger partial charge in [0.2, 0.25) is 0 Å². The second-order valence-corrected chi connectivity index (χ2v) is 6.22. The predicted molar refractivity (Wildman–Crippen MR) is 83.1 cm³/mol. The minimum Gasteiger partial charge on any atom is -0.381 e. The number of hydrogen-bond acceptors (Lipinski definition) is 4. The summed E-state index contributed by atoms with van der Waals surface area (Å²) in [4.78, 5) is 4.63. The van der Waals surface area contributed by atoms with E-state index in [0.29, 0.717) is 11.4 Å². The van der Waals surface area contributed by atoms with Crippen LogP contribution in [-0.4, -0.2) is 24.2 Å². The smallest absolute Gasteiger partial charge is 0.144 e. The molecule has 0 saturated carbocycles. The van der Waals surface area contributed by atoms with Gasteiger partial charge in [-0.2, -0.15) is 5.26 Å². The zero-order chi connectivity index (χ0) is 14.9. The Kier molecular flexibility index (Phi) is 3.52. The zero-order valence-electron chi connectivity index (χ0n) is 12.4. The molecule has 1 aliphatic rings. The van der Waals surface area contributed by atoms with Crippen LogP contribution in [0.25, 0.3) is 10.9 Å². The summed E-state index contributed by atoms with van der Waals surface area (Å²) < 4.78 is 5.55. The fourth-order valence-electron chi connectivity index (χ4n) is 2.77. The highest BCUT2D eigenvalue weighted by molar-refractivity contribution is 5.82. The Morgan fingerprint density at radius 3 is 2.95 bits per heavy atom. The van der Waals surface area contributed by atoms with Crippen molar-refractivity contribution in [3.8, 4) is 6.07 Å². The fourth-order valence-corrected chi connectivity index (χ4v) is 2.77. The largest absolute Gasteiger partial charge is 0.381 e. The van der Waals surface area contributed by atoms with Crippen molar-refractivity contribution in [2.75, 3.05) is 18.5 Å². The van der Waals surface area contributed by atoms with Gasteiger partial charge in [0.25, 0.3) is 0 Å². The molecule has 0 aliphatic carbocycles. The van der Waals surface area contributed by atoms with Gasteiger partial charge in [-0.15, -0.1) is 0 Å². The molecule has 1 atom stereocenters. The van der Waals surface area contributed by atoms with E-state index in [4.69, 9.17) is 4.74 Å². The standard InChI is InChI=1S/C17H19N3O/c1-17(2)11-21-8-7-15(17)20-16-13(10-18)9-12-5-3-4-6-14(12)19-16/h3-6,9,15H,7-8,11H2,1-2H3,(H,19,20). The molecular formula is C17H19N3O. The summed E-state index contributed by atoms with van der Waals surface area (Å²) in [6.07, 6.45) is 0.923. The van der Waals surface area contributed by atoms with Crippen LogP contribution in [0, 0.1) is 16.7 Å². The van der Waals surface area contributed by atoms with Gasteiger partial charge in [0.15, 0.2) is 0 Å². The summed E-state index contributed by atoms with van der Waals surface area (Å²) >= 11 is 0. The van der Waals surface area contributed by atoms with Crippen LogP contribution in [0.4, 0.5) is 5.82 Å². The quantitative estimate of drug-likeness (QED) is 0.917. The molecule has 0 spiro atoms. The van der Waals surface area contributed by atoms with Gasteiger partial charge in [-0.05, 0) is 18.6 Å². The summed E-state index contributed by atoms with van der Waals surface area (Å²) in [5, 5.41) is 13.8. The molecule has 1 aliphatic heterocycles. The van der Waals surface area contributed by atoms with Crippen LogP contribution in [0.5, 0.6) is 0 Å². The number of rotatable bonds is 2. The Morgan fingerprint density at radius 1 is 1.38 bits per heavy atom. The van der Waals surface area contributed by atoms with Gasteiger partial charge in [-0.25, -0.2) is 4.98 Å². The maximum absolute atomic E-state index is 9.38. The number of para-hydroxylation sites is 1. The predicted octanol–water partition coefficient (Wildman–Crippen LogP) is 3.33. The Labute approximate surface area is 124 Å². The van der Waals surface area contributed by atoms with Gasteiger partial charge in [-0.3, -0.25) is 0 Å². The highest BCUT2D eigenvalue weighted by Crippen LogP contribution is 2.31. The number of fused-ring (bicyclic) bond motifs is 1. The van der Waals surface area contributed by atoms with Crippen molar-refractivity contribution in [2.45, 2.75) is 26.3 Å². The lowest BCUT2D eigenvalue weighted by Crippen LogP contribution is -2.44. The molecule has 2 heterocycles. The van der Waals surface area contributed by atoms with Crippen molar-refractivity contribution < 1.29 is 4.74 Å². The number of pyridine rings is 1. The molecule has 1 N–H and O–H groups in total. The van der Waals surface area contributed by atoms with Crippen molar-refractivity contribution in [3.05, 3.63) is 35.9 Å². The second kappa shape index (κ2) is 5.34. The third-order valence-electron chi connectivity index (χ3n) is 4.12. The first kappa shape index (κ1) is 13.8. The summed E-state index contributed by atoms with van der Waals surface area (Å²) in [7, 11) is 0. The number of nitrogens with zero attached hydrogens (tertiary/aromatic N) is 2. The molecule has 4 heteroatoms. The molecule has 0 bridgehead atoms.